The van der Waals surface area contributed by atoms with Crippen LogP contribution in [0.15, 0.2) is 0 Å². The highest BCUT2D eigenvalue weighted by molar-refractivity contribution is 5.87. The first-order valence-electron chi connectivity index (χ1n) is 7.72. The molecule has 3 aliphatic rings. The van der Waals surface area contributed by atoms with Crippen molar-refractivity contribution in [1.82, 2.24) is 20.0 Å². The zero-order chi connectivity index (χ0) is 14.8. The highest BCUT2D eigenvalue weighted by Gasteiger charge is 2.36. The van der Waals surface area contributed by atoms with E-state index in [1.165, 1.54) is 0 Å². The molecule has 0 aromatic carbocycles. The molecule has 0 radical (unpaired) electrons. The first-order chi connectivity index (χ1) is 10.1. The van der Waals surface area contributed by atoms with Gasteiger partial charge in [0.1, 0.15) is 6.04 Å². The van der Waals surface area contributed by atoms with Crippen LogP contribution in [0.3, 0.4) is 0 Å². The average molecular weight is 294 g/mol. The van der Waals surface area contributed by atoms with Crippen molar-refractivity contribution < 1.29 is 14.4 Å². The van der Waals surface area contributed by atoms with Crippen LogP contribution >= 0.6 is 0 Å². The normalized spacial score (nSPS) is 27.3. The number of nitrogens with one attached hydrogen (secondary N) is 1. The smallest absolute Gasteiger partial charge is 0.242 e. The summed E-state index contributed by atoms with van der Waals surface area (Å²) in [5, 5.41) is 2.85. The van der Waals surface area contributed by atoms with Crippen LogP contribution in [0.4, 0.5) is 0 Å². The minimum absolute atomic E-state index is 0.00722. The Morgan fingerprint density at radius 3 is 2.81 bits per heavy atom. The Bertz CT molecular complexity index is 454. The number of carbonyl (C=O) groups excluding carboxylic acids is 3. The van der Waals surface area contributed by atoms with Crippen molar-refractivity contribution >= 4 is 17.7 Å². The van der Waals surface area contributed by atoms with E-state index >= 15 is 0 Å². The Balaban J connectivity index is 1.57. The summed E-state index contributed by atoms with van der Waals surface area (Å²) in [6.45, 7) is 4.19. The van der Waals surface area contributed by atoms with Gasteiger partial charge in [0.15, 0.2) is 0 Å². The van der Waals surface area contributed by atoms with Gasteiger partial charge < -0.3 is 15.1 Å². The van der Waals surface area contributed by atoms with Gasteiger partial charge in [0.25, 0.3) is 0 Å². The van der Waals surface area contributed by atoms with E-state index in [2.05, 4.69) is 10.2 Å². The van der Waals surface area contributed by atoms with Gasteiger partial charge in [-0.05, 0) is 12.8 Å². The molecular formula is C14H22N4O3. The van der Waals surface area contributed by atoms with E-state index in [0.29, 0.717) is 32.6 Å². The fourth-order valence-electron chi connectivity index (χ4n) is 3.30. The summed E-state index contributed by atoms with van der Waals surface area (Å²) in [5.74, 6) is 0.0414. The third kappa shape index (κ3) is 3.02. The summed E-state index contributed by atoms with van der Waals surface area (Å²) in [4.78, 5) is 41.5. The summed E-state index contributed by atoms with van der Waals surface area (Å²) < 4.78 is 0. The number of fused-ring (bicyclic) bond motifs is 1. The van der Waals surface area contributed by atoms with E-state index in [1.807, 2.05) is 0 Å². The predicted molar refractivity (Wildman–Crippen MR) is 75.4 cm³/mol. The Kier molecular flexibility index (Phi) is 4.10. The van der Waals surface area contributed by atoms with E-state index in [9.17, 15) is 14.4 Å². The summed E-state index contributed by atoms with van der Waals surface area (Å²) >= 11 is 0. The van der Waals surface area contributed by atoms with Crippen LogP contribution in [0.5, 0.6) is 0 Å². The quantitative estimate of drug-likeness (QED) is 0.683. The van der Waals surface area contributed by atoms with Crippen LogP contribution < -0.4 is 5.32 Å². The monoisotopic (exact) mass is 294 g/mol. The molecule has 3 amide bonds. The summed E-state index contributed by atoms with van der Waals surface area (Å²) in [6.07, 6.45) is 2.44. The molecule has 21 heavy (non-hydrogen) atoms. The van der Waals surface area contributed by atoms with Crippen LogP contribution in [0.25, 0.3) is 0 Å². The second-order valence-electron chi connectivity index (χ2n) is 5.95. The molecule has 3 heterocycles. The van der Waals surface area contributed by atoms with Crippen LogP contribution in [0, 0.1) is 0 Å². The van der Waals surface area contributed by atoms with E-state index < -0.39 is 0 Å². The molecule has 1 N–H and O–H groups in total. The third-order valence-corrected chi connectivity index (χ3v) is 4.59. The largest absolute Gasteiger partial charge is 0.353 e. The molecule has 116 valence electrons. The molecule has 0 bridgehead atoms. The van der Waals surface area contributed by atoms with E-state index in [-0.39, 0.29) is 30.3 Å². The number of carbonyl (C=O) groups is 3. The van der Waals surface area contributed by atoms with Gasteiger partial charge in [-0.2, -0.15) is 0 Å². The number of hydrogen-bond acceptors (Lipinski definition) is 4. The molecule has 0 aromatic heterocycles. The van der Waals surface area contributed by atoms with E-state index in [1.54, 1.807) is 9.80 Å². The molecule has 3 fully saturated rings. The maximum absolute atomic E-state index is 12.4. The fraction of sp³-hybridized carbons (Fsp3) is 0.786. The lowest BCUT2D eigenvalue weighted by Gasteiger charge is -2.43. The van der Waals surface area contributed by atoms with Gasteiger partial charge in [0, 0.05) is 45.7 Å². The van der Waals surface area contributed by atoms with Crippen LogP contribution in [0.2, 0.25) is 0 Å². The zero-order valence-corrected chi connectivity index (χ0v) is 12.2. The first-order valence-corrected chi connectivity index (χ1v) is 7.72. The average Bonchev–Trinajstić information content (AvgIpc) is 2.50. The van der Waals surface area contributed by atoms with Gasteiger partial charge >= 0.3 is 0 Å². The Morgan fingerprint density at radius 2 is 2.00 bits per heavy atom. The third-order valence-electron chi connectivity index (χ3n) is 4.59. The van der Waals surface area contributed by atoms with E-state index in [0.717, 1.165) is 25.9 Å². The number of rotatable bonds is 2. The molecule has 7 heteroatoms. The predicted octanol–water partition coefficient (Wildman–Crippen LogP) is -1.36. The molecule has 3 rings (SSSR count). The van der Waals surface area contributed by atoms with E-state index in [4.69, 9.17) is 0 Å². The molecule has 0 aromatic rings. The standard InChI is InChI=1S/C14H22N4O3/c19-12-3-1-2-5-17(12)10-13(20)18-8-7-16-6-4-15-14(21)11(16)9-18/h11H,1-10H2,(H,15,21)/t11-/m0/s1. The van der Waals surface area contributed by atoms with Crippen molar-refractivity contribution in [2.24, 2.45) is 0 Å². The van der Waals surface area contributed by atoms with Crippen LogP contribution in [-0.4, -0.2) is 84.3 Å². The minimum atomic E-state index is -0.228. The van der Waals surface area contributed by atoms with Crippen molar-refractivity contribution in [1.29, 1.82) is 0 Å². The Labute approximate surface area is 124 Å². The fourth-order valence-corrected chi connectivity index (χ4v) is 3.30. The minimum Gasteiger partial charge on any atom is -0.353 e. The number of piperazine rings is 2. The van der Waals surface area contributed by atoms with Gasteiger partial charge in [-0.3, -0.25) is 19.3 Å². The molecule has 0 spiro atoms. The van der Waals surface area contributed by atoms with Crippen molar-refractivity contribution in [3.05, 3.63) is 0 Å². The molecule has 3 aliphatic heterocycles. The van der Waals surface area contributed by atoms with Gasteiger partial charge in [-0.1, -0.05) is 0 Å². The highest BCUT2D eigenvalue weighted by atomic mass is 16.2. The Morgan fingerprint density at radius 1 is 1.14 bits per heavy atom. The summed E-state index contributed by atoms with van der Waals surface area (Å²) in [5.41, 5.74) is 0. The number of hydrogen-bond donors (Lipinski definition) is 1. The first kappa shape index (κ1) is 14.3. The van der Waals surface area contributed by atoms with Gasteiger partial charge in [-0.25, -0.2) is 0 Å². The van der Waals surface area contributed by atoms with Crippen molar-refractivity contribution in [3.8, 4) is 0 Å². The lowest BCUT2D eigenvalue weighted by atomic mass is 10.1. The van der Waals surface area contributed by atoms with Gasteiger partial charge in [-0.15, -0.1) is 0 Å². The van der Waals surface area contributed by atoms with Gasteiger partial charge in [0.05, 0.1) is 6.54 Å². The number of amides is 3. The molecule has 0 aliphatic carbocycles. The van der Waals surface area contributed by atoms with Gasteiger partial charge in [0.2, 0.25) is 17.7 Å². The molecule has 7 nitrogen and oxygen atoms in total. The lowest BCUT2D eigenvalue weighted by Crippen LogP contribution is -2.65. The SMILES string of the molecule is O=C1NCCN2CCN(C(=O)CN3CCCCC3=O)C[C@@H]12. The van der Waals surface area contributed by atoms with Crippen LogP contribution in [-0.2, 0) is 14.4 Å². The van der Waals surface area contributed by atoms with Crippen molar-refractivity contribution in [2.45, 2.75) is 25.3 Å². The maximum atomic E-state index is 12.4. The number of likely N-dealkylation sites (tertiary alicyclic amines) is 1. The number of piperidine rings is 1. The van der Waals surface area contributed by atoms with Crippen molar-refractivity contribution in [3.63, 3.8) is 0 Å². The second-order valence-corrected chi connectivity index (χ2v) is 5.95. The summed E-state index contributed by atoms with van der Waals surface area (Å²) in [6, 6.07) is -0.228. The molecule has 0 unspecified atom stereocenters. The molecule has 3 saturated heterocycles. The second kappa shape index (κ2) is 6.01. The van der Waals surface area contributed by atoms with Crippen LogP contribution in [0.1, 0.15) is 19.3 Å². The maximum Gasteiger partial charge on any atom is 0.242 e. The van der Waals surface area contributed by atoms with Crippen molar-refractivity contribution in [2.75, 3.05) is 45.8 Å². The molecular weight excluding hydrogens is 272 g/mol. The molecule has 0 saturated carbocycles. The summed E-state index contributed by atoms with van der Waals surface area (Å²) in [7, 11) is 0. The highest BCUT2D eigenvalue weighted by Crippen LogP contribution is 2.14. The zero-order valence-electron chi connectivity index (χ0n) is 12.2. The topological polar surface area (TPSA) is 73.0 Å². The lowest BCUT2D eigenvalue weighted by molar-refractivity contribution is -0.145. The molecule has 1 atom stereocenters. The number of nitrogens with zero attached hydrogens (tertiary/aromatic N) is 3. The Hall–Kier alpha value is -1.63.